The molecule has 2 aliphatic rings. The number of carbonyl (C=O) groups excluding carboxylic acids is 1. The molecule has 132 valence electrons. The Morgan fingerprint density at radius 2 is 2.12 bits per heavy atom. The second kappa shape index (κ2) is 7.18. The number of rotatable bonds is 4. The predicted octanol–water partition coefficient (Wildman–Crippen LogP) is 3.71. The molecule has 1 aliphatic carbocycles. The Labute approximate surface area is 142 Å². The average molecular weight is 337 g/mol. The van der Waals surface area contributed by atoms with E-state index >= 15 is 0 Å². The molecule has 1 aromatic rings. The van der Waals surface area contributed by atoms with Gasteiger partial charge in [-0.2, -0.15) is 0 Å². The molecule has 0 aromatic heterocycles. The number of benzene rings is 1. The van der Waals surface area contributed by atoms with Gasteiger partial charge < -0.3 is 9.64 Å². The molecule has 3 rings (SSSR count). The molecule has 3 nitrogen and oxygen atoms in total. The molecule has 24 heavy (non-hydrogen) atoms. The predicted molar refractivity (Wildman–Crippen MR) is 87.6 cm³/mol. The van der Waals surface area contributed by atoms with Crippen LogP contribution >= 0.6 is 0 Å². The Morgan fingerprint density at radius 3 is 2.88 bits per heavy atom. The lowest BCUT2D eigenvalue weighted by molar-refractivity contribution is -0.137. The molecule has 0 N–H and O–H groups in total. The van der Waals surface area contributed by atoms with Crippen molar-refractivity contribution in [2.75, 3.05) is 20.2 Å². The fraction of sp³-hybridized carbons (Fsp3) is 0.632. The Morgan fingerprint density at radius 1 is 1.33 bits per heavy atom. The molecule has 1 amide bonds. The summed E-state index contributed by atoms with van der Waals surface area (Å²) in [6, 6.07) is 3.53. The molecule has 1 spiro atoms. The number of piperidine rings is 1. The van der Waals surface area contributed by atoms with E-state index in [4.69, 9.17) is 4.74 Å². The maximum atomic E-state index is 13.7. The summed E-state index contributed by atoms with van der Waals surface area (Å²) in [5.74, 6) is -1.11. The first-order chi connectivity index (χ1) is 11.5. The minimum atomic E-state index is -0.590. The third-order valence-electron chi connectivity index (χ3n) is 5.69. The van der Waals surface area contributed by atoms with E-state index in [9.17, 15) is 13.6 Å². The number of nitrogens with zero attached hydrogens (tertiary/aromatic N) is 1. The van der Waals surface area contributed by atoms with Crippen molar-refractivity contribution in [1.29, 1.82) is 0 Å². The van der Waals surface area contributed by atoms with Gasteiger partial charge in [0.2, 0.25) is 5.91 Å². The van der Waals surface area contributed by atoms with E-state index in [2.05, 4.69) is 0 Å². The van der Waals surface area contributed by atoms with E-state index in [-0.39, 0.29) is 23.8 Å². The molecule has 1 saturated heterocycles. The molecular weight excluding hydrogens is 312 g/mol. The van der Waals surface area contributed by atoms with E-state index in [0.29, 0.717) is 12.0 Å². The van der Waals surface area contributed by atoms with Gasteiger partial charge in [-0.3, -0.25) is 4.79 Å². The summed E-state index contributed by atoms with van der Waals surface area (Å²) in [5, 5.41) is 0. The van der Waals surface area contributed by atoms with Crippen LogP contribution in [-0.4, -0.2) is 37.1 Å². The van der Waals surface area contributed by atoms with Crippen molar-refractivity contribution in [3.63, 3.8) is 0 Å². The highest BCUT2D eigenvalue weighted by molar-refractivity contribution is 5.76. The van der Waals surface area contributed by atoms with Gasteiger partial charge in [-0.1, -0.05) is 12.5 Å². The van der Waals surface area contributed by atoms with Gasteiger partial charge in [0, 0.05) is 38.1 Å². The van der Waals surface area contributed by atoms with E-state index in [1.54, 1.807) is 7.11 Å². The Bertz CT molecular complexity index is 607. The fourth-order valence-corrected chi connectivity index (χ4v) is 4.44. The van der Waals surface area contributed by atoms with Crippen LogP contribution in [-0.2, 0) is 16.0 Å². The van der Waals surface area contributed by atoms with Crippen LogP contribution in [0.4, 0.5) is 8.78 Å². The van der Waals surface area contributed by atoms with Crippen molar-refractivity contribution in [2.24, 2.45) is 5.41 Å². The summed E-state index contributed by atoms with van der Waals surface area (Å²) in [6.07, 6.45) is 6.25. The van der Waals surface area contributed by atoms with Crippen molar-refractivity contribution in [3.05, 3.63) is 35.4 Å². The zero-order valence-corrected chi connectivity index (χ0v) is 14.2. The van der Waals surface area contributed by atoms with Gasteiger partial charge in [0.05, 0.1) is 6.10 Å². The summed E-state index contributed by atoms with van der Waals surface area (Å²) >= 11 is 0. The first-order valence-corrected chi connectivity index (χ1v) is 8.78. The van der Waals surface area contributed by atoms with Gasteiger partial charge in [-0.25, -0.2) is 8.78 Å². The highest BCUT2D eigenvalue weighted by atomic mass is 19.1. The molecule has 0 bridgehead atoms. The van der Waals surface area contributed by atoms with E-state index in [1.165, 1.54) is 12.1 Å². The SMILES string of the molecule is CO[C@@H]1CCC[C@@]12CCCN(C(=O)CCc1ccc(F)cc1F)C2. The summed E-state index contributed by atoms with van der Waals surface area (Å²) in [6.45, 7) is 1.51. The van der Waals surface area contributed by atoms with Gasteiger partial charge in [0.1, 0.15) is 11.6 Å². The van der Waals surface area contributed by atoms with E-state index in [0.717, 1.165) is 51.3 Å². The lowest BCUT2D eigenvalue weighted by atomic mass is 9.76. The molecule has 2 fully saturated rings. The van der Waals surface area contributed by atoms with Crippen molar-refractivity contribution in [1.82, 2.24) is 4.90 Å². The third kappa shape index (κ3) is 3.46. The summed E-state index contributed by atoms with van der Waals surface area (Å²) < 4.78 is 32.3. The first kappa shape index (κ1) is 17.3. The minimum Gasteiger partial charge on any atom is -0.381 e. The largest absolute Gasteiger partial charge is 0.381 e. The number of hydrogen-bond donors (Lipinski definition) is 0. The van der Waals surface area contributed by atoms with Gasteiger partial charge in [-0.05, 0) is 43.7 Å². The van der Waals surface area contributed by atoms with Crippen LogP contribution in [0.15, 0.2) is 18.2 Å². The summed E-state index contributed by atoms with van der Waals surface area (Å²) in [7, 11) is 1.76. The van der Waals surface area contributed by atoms with E-state index in [1.807, 2.05) is 4.90 Å². The van der Waals surface area contributed by atoms with Crippen LogP contribution in [0.3, 0.4) is 0 Å². The van der Waals surface area contributed by atoms with Crippen LogP contribution in [0, 0.1) is 17.0 Å². The average Bonchev–Trinajstić information content (AvgIpc) is 2.95. The van der Waals surface area contributed by atoms with E-state index < -0.39 is 11.6 Å². The van der Waals surface area contributed by atoms with Crippen LogP contribution in [0.2, 0.25) is 0 Å². The first-order valence-electron chi connectivity index (χ1n) is 8.78. The Hall–Kier alpha value is -1.49. The van der Waals surface area contributed by atoms with Crippen molar-refractivity contribution in [3.8, 4) is 0 Å². The highest BCUT2D eigenvalue weighted by Crippen LogP contribution is 2.46. The van der Waals surface area contributed by atoms with Crippen molar-refractivity contribution in [2.45, 2.75) is 51.0 Å². The van der Waals surface area contributed by atoms with Gasteiger partial charge in [-0.15, -0.1) is 0 Å². The van der Waals surface area contributed by atoms with Crippen LogP contribution < -0.4 is 0 Å². The van der Waals surface area contributed by atoms with Crippen LogP contribution in [0.5, 0.6) is 0 Å². The number of methoxy groups -OCH3 is 1. The number of hydrogen-bond acceptors (Lipinski definition) is 2. The maximum Gasteiger partial charge on any atom is 0.222 e. The fourth-order valence-electron chi connectivity index (χ4n) is 4.44. The van der Waals surface area contributed by atoms with Gasteiger partial charge in [0.15, 0.2) is 0 Å². The van der Waals surface area contributed by atoms with Gasteiger partial charge >= 0.3 is 0 Å². The summed E-state index contributed by atoms with van der Waals surface area (Å²) in [5.41, 5.74) is 0.496. The number of carbonyl (C=O) groups is 1. The third-order valence-corrected chi connectivity index (χ3v) is 5.69. The topological polar surface area (TPSA) is 29.5 Å². The zero-order chi connectivity index (χ0) is 17.2. The maximum absolute atomic E-state index is 13.7. The molecule has 1 aliphatic heterocycles. The highest BCUT2D eigenvalue weighted by Gasteiger charge is 2.46. The smallest absolute Gasteiger partial charge is 0.222 e. The quantitative estimate of drug-likeness (QED) is 0.838. The van der Waals surface area contributed by atoms with Crippen molar-refractivity contribution < 1.29 is 18.3 Å². The molecule has 1 aromatic carbocycles. The molecule has 2 atom stereocenters. The Balaban J connectivity index is 1.60. The number of halogens is 2. The summed E-state index contributed by atoms with van der Waals surface area (Å²) in [4.78, 5) is 14.5. The van der Waals surface area contributed by atoms with Crippen molar-refractivity contribution >= 4 is 5.91 Å². The lowest BCUT2D eigenvalue weighted by Crippen LogP contribution is -2.49. The lowest BCUT2D eigenvalue weighted by Gasteiger charge is -2.43. The molecule has 1 heterocycles. The number of amides is 1. The molecule has 1 saturated carbocycles. The van der Waals surface area contributed by atoms with Gasteiger partial charge in [0.25, 0.3) is 0 Å². The molecule has 0 unspecified atom stereocenters. The normalized spacial score (nSPS) is 27.0. The van der Waals surface area contributed by atoms with Crippen LogP contribution in [0.25, 0.3) is 0 Å². The van der Waals surface area contributed by atoms with Crippen LogP contribution in [0.1, 0.15) is 44.1 Å². The second-order valence-electron chi connectivity index (χ2n) is 7.13. The zero-order valence-electron chi connectivity index (χ0n) is 14.2. The molecule has 0 radical (unpaired) electrons. The molecular formula is C19H25F2NO2. The molecule has 5 heteroatoms. The monoisotopic (exact) mass is 337 g/mol. The number of likely N-dealkylation sites (tertiary alicyclic amines) is 1. The minimum absolute atomic E-state index is 0.0551. The second-order valence-corrected chi connectivity index (χ2v) is 7.13. The number of aryl methyl sites for hydroxylation is 1. The standard InChI is InChI=1S/C19H25F2NO2/c1-24-17-4-2-9-19(17)10-3-11-22(13-19)18(23)8-6-14-5-7-15(20)12-16(14)21/h5,7,12,17H,2-4,6,8-11,13H2,1H3/t17-,19+/m1/s1. The number of ether oxygens (including phenoxy) is 1. The Kier molecular flexibility index (Phi) is 5.18.